The van der Waals surface area contributed by atoms with E-state index in [1.165, 1.54) is 11.3 Å². The maximum Gasteiger partial charge on any atom is 0.213 e. The van der Waals surface area contributed by atoms with Gasteiger partial charge in [-0.05, 0) is 30.2 Å². The van der Waals surface area contributed by atoms with Gasteiger partial charge in [0.05, 0.1) is 5.75 Å². The molecule has 0 spiro atoms. The predicted molar refractivity (Wildman–Crippen MR) is 101 cm³/mol. The van der Waals surface area contributed by atoms with Crippen molar-refractivity contribution >= 4 is 27.3 Å². The van der Waals surface area contributed by atoms with E-state index in [9.17, 15) is 8.42 Å². The molecule has 0 aromatic carbocycles. The molecule has 1 aliphatic rings. The second-order valence-corrected chi connectivity index (χ2v) is 9.17. The molecule has 0 bridgehead atoms. The molecule has 24 heavy (non-hydrogen) atoms. The second-order valence-electron chi connectivity index (χ2n) is 6.26. The summed E-state index contributed by atoms with van der Waals surface area (Å²) in [7, 11) is -1.53. The molecule has 0 amide bonds. The molecule has 1 unspecified atom stereocenters. The van der Waals surface area contributed by atoms with Gasteiger partial charge >= 0.3 is 0 Å². The molecule has 3 N–H and O–H groups in total. The molecule has 136 valence electrons. The summed E-state index contributed by atoms with van der Waals surface area (Å²) in [4.78, 5) is 5.46. The summed E-state index contributed by atoms with van der Waals surface area (Å²) in [6.07, 6.45) is 3.50. The molecule has 0 radical (unpaired) electrons. The van der Waals surface area contributed by atoms with E-state index < -0.39 is 10.0 Å². The zero-order valence-electron chi connectivity index (χ0n) is 14.4. The number of rotatable bonds is 9. The predicted octanol–water partition coefficient (Wildman–Crippen LogP) is 1.74. The van der Waals surface area contributed by atoms with Gasteiger partial charge in [0.1, 0.15) is 0 Å². The number of guanidine groups is 1. The molecule has 8 heteroatoms. The van der Waals surface area contributed by atoms with E-state index in [1.54, 1.807) is 18.4 Å². The van der Waals surface area contributed by atoms with Crippen LogP contribution in [0.5, 0.6) is 0 Å². The van der Waals surface area contributed by atoms with E-state index in [0.29, 0.717) is 30.9 Å². The minimum Gasteiger partial charge on any atom is -0.356 e. The molecular formula is C16H28N4O2S2. The maximum absolute atomic E-state index is 12.0. The van der Waals surface area contributed by atoms with Crippen LogP contribution in [0.4, 0.5) is 0 Å². The van der Waals surface area contributed by atoms with Gasteiger partial charge in [0.15, 0.2) is 5.96 Å². The first-order valence-corrected chi connectivity index (χ1v) is 11.0. The van der Waals surface area contributed by atoms with Crippen molar-refractivity contribution in [3.05, 3.63) is 22.4 Å². The van der Waals surface area contributed by atoms with Gasteiger partial charge in [-0.15, -0.1) is 11.3 Å². The van der Waals surface area contributed by atoms with Gasteiger partial charge in [0.25, 0.3) is 0 Å². The first kappa shape index (κ1) is 19.2. The largest absolute Gasteiger partial charge is 0.356 e. The molecule has 2 rings (SSSR count). The van der Waals surface area contributed by atoms with Gasteiger partial charge < -0.3 is 10.6 Å². The summed E-state index contributed by atoms with van der Waals surface area (Å²) in [5.41, 5.74) is 0. The molecule has 6 nitrogen and oxygen atoms in total. The normalized spacial score (nSPS) is 17.3. The summed E-state index contributed by atoms with van der Waals surface area (Å²) in [5, 5.41) is 8.38. The molecule has 1 atom stereocenters. The third-order valence-corrected chi connectivity index (χ3v) is 6.76. The Kier molecular flexibility index (Phi) is 7.51. The van der Waals surface area contributed by atoms with Crippen LogP contribution in [-0.2, 0) is 10.0 Å². The second kappa shape index (κ2) is 9.39. The van der Waals surface area contributed by atoms with Crippen LogP contribution in [-0.4, -0.2) is 46.8 Å². The Balaban J connectivity index is 1.65. The molecule has 1 aromatic heterocycles. The SMILES string of the molecule is CN=C(NCCS(=O)(=O)NCC1CCC1)NCC(C)c1cccs1. The third-order valence-electron chi connectivity index (χ3n) is 4.31. The highest BCUT2D eigenvalue weighted by Gasteiger charge is 2.20. The highest BCUT2D eigenvalue weighted by Crippen LogP contribution is 2.25. The zero-order chi connectivity index (χ0) is 17.4. The van der Waals surface area contributed by atoms with Crippen molar-refractivity contribution in [3.8, 4) is 0 Å². The van der Waals surface area contributed by atoms with Crippen LogP contribution in [0.2, 0.25) is 0 Å². The standard InChI is InChI=1S/C16H28N4O2S2/c1-13(15-7-4-9-23-15)11-19-16(17-2)18-8-10-24(21,22)20-12-14-5-3-6-14/h4,7,9,13-14,20H,3,5-6,8,10-12H2,1-2H3,(H2,17,18,19). The van der Waals surface area contributed by atoms with Crippen LogP contribution in [0.25, 0.3) is 0 Å². The summed E-state index contributed by atoms with van der Waals surface area (Å²) in [5.74, 6) is 1.60. The van der Waals surface area contributed by atoms with Crippen molar-refractivity contribution in [2.24, 2.45) is 10.9 Å². The van der Waals surface area contributed by atoms with E-state index in [4.69, 9.17) is 0 Å². The smallest absolute Gasteiger partial charge is 0.213 e. The van der Waals surface area contributed by atoms with Crippen LogP contribution in [0.15, 0.2) is 22.5 Å². The Labute approximate surface area is 149 Å². The fraction of sp³-hybridized carbons (Fsp3) is 0.688. The molecule has 1 aromatic rings. The van der Waals surface area contributed by atoms with Crippen molar-refractivity contribution in [2.75, 3.05) is 32.4 Å². The Morgan fingerprint density at radius 3 is 2.79 bits per heavy atom. The van der Waals surface area contributed by atoms with Crippen LogP contribution in [0, 0.1) is 5.92 Å². The monoisotopic (exact) mass is 372 g/mol. The van der Waals surface area contributed by atoms with Crippen molar-refractivity contribution in [2.45, 2.75) is 32.1 Å². The minimum atomic E-state index is -3.22. The number of nitrogens with one attached hydrogen (secondary N) is 3. The van der Waals surface area contributed by atoms with Crippen LogP contribution >= 0.6 is 11.3 Å². The molecule has 1 heterocycles. The number of sulfonamides is 1. The lowest BCUT2D eigenvalue weighted by Crippen LogP contribution is -2.42. The van der Waals surface area contributed by atoms with Crippen molar-refractivity contribution in [1.82, 2.24) is 15.4 Å². The van der Waals surface area contributed by atoms with Gasteiger partial charge in [-0.2, -0.15) is 0 Å². The summed E-state index contributed by atoms with van der Waals surface area (Å²) in [6, 6.07) is 4.17. The number of hydrogen-bond donors (Lipinski definition) is 3. The average molecular weight is 373 g/mol. The third kappa shape index (κ3) is 6.41. The molecule has 1 saturated carbocycles. The maximum atomic E-state index is 12.0. The number of hydrogen-bond acceptors (Lipinski definition) is 4. The molecular weight excluding hydrogens is 344 g/mol. The van der Waals surface area contributed by atoms with Crippen molar-refractivity contribution < 1.29 is 8.42 Å². The Morgan fingerprint density at radius 2 is 2.21 bits per heavy atom. The fourth-order valence-electron chi connectivity index (χ4n) is 2.46. The van der Waals surface area contributed by atoms with E-state index in [0.717, 1.165) is 19.4 Å². The summed E-state index contributed by atoms with van der Waals surface area (Å²) < 4.78 is 26.6. The number of nitrogens with zero attached hydrogens (tertiary/aromatic N) is 1. The van der Waals surface area contributed by atoms with Crippen LogP contribution < -0.4 is 15.4 Å². The van der Waals surface area contributed by atoms with Gasteiger partial charge in [0, 0.05) is 37.5 Å². The quantitative estimate of drug-likeness (QED) is 0.455. The molecule has 1 fully saturated rings. The number of thiophene rings is 1. The highest BCUT2D eigenvalue weighted by molar-refractivity contribution is 7.89. The first-order valence-electron chi connectivity index (χ1n) is 8.45. The lowest BCUT2D eigenvalue weighted by Gasteiger charge is -2.25. The topological polar surface area (TPSA) is 82.6 Å². The lowest BCUT2D eigenvalue weighted by molar-refractivity contribution is 0.316. The number of aliphatic imine (C=N–C) groups is 1. The Morgan fingerprint density at radius 1 is 1.42 bits per heavy atom. The molecule has 0 saturated heterocycles. The summed E-state index contributed by atoms with van der Waals surface area (Å²) in [6.45, 7) is 3.83. The highest BCUT2D eigenvalue weighted by atomic mass is 32.2. The zero-order valence-corrected chi connectivity index (χ0v) is 16.0. The van der Waals surface area contributed by atoms with Crippen molar-refractivity contribution in [3.63, 3.8) is 0 Å². The molecule has 1 aliphatic carbocycles. The van der Waals surface area contributed by atoms with Gasteiger partial charge in [-0.25, -0.2) is 13.1 Å². The van der Waals surface area contributed by atoms with Crippen LogP contribution in [0.1, 0.15) is 37.0 Å². The molecule has 0 aliphatic heterocycles. The van der Waals surface area contributed by atoms with Gasteiger partial charge in [0.2, 0.25) is 10.0 Å². The Bertz CT molecular complexity index is 610. The van der Waals surface area contributed by atoms with Crippen molar-refractivity contribution in [1.29, 1.82) is 0 Å². The fourth-order valence-corrected chi connectivity index (χ4v) is 4.25. The van der Waals surface area contributed by atoms with E-state index >= 15 is 0 Å². The van der Waals surface area contributed by atoms with E-state index in [2.05, 4.69) is 38.7 Å². The van der Waals surface area contributed by atoms with Crippen LogP contribution in [0.3, 0.4) is 0 Å². The van der Waals surface area contributed by atoms with E-state index in [-0.39, 0.29) is 5.75 Å². The average Bonchev–Trinajstić information content (AvgIpc) is 3.03. The van der Waals surface area contributed by atoms with Gasteiger partial charge in [-0.1, -0.05) is 19.4 Å². The Hall–Kier alpha value is -1.12. The van der Waals surface area contributed by atoms with E-state index in [1.807, 2.05) is 6.07 Å². The lowest BCUT2D eigenvalue weighted by atomic mass is 9.86. The summed E-state index contributed by atoms with van der Waals surface area (Å²) >= 11 is 1.74. The first-order chi connectivity index (χ1) is 11.5. The minimum absolute atomic E-state index is 0.0564. The van der Waals surface area contributed by atoms with Gasteiger partial charge in [-0.3, -0.25) is 4.99 Å².